The molecule has 118 valence electrons. The van der Waals surface area contributed by atoms with Crippen molar-refractivity contribution in [1.82, 2.24) is 9.97 Å². The van der Waals surface area contributed by atoms with Crippen LogP contribution in [0, 0.1) is 0 Å². The number of fused-ring (bicyclic) bond motifs is 3. The molecule has 1 aliphatic carbocycles. The van der Waals surface area contributed by atoms with Gasteiger partial charge in [-0.3, -0.25) is 0 Å². The third kappa shape index (κ3) is 2.42. The molecule has 2 aliphatic rings. The van der Waals surface area contributed by atoms with Crippen LogP contribution >= 0.6 is 23.1 Å². The largest absolute Gasteiger partial charge is 0.353 e. The Bertz CT molecular complexity index is 695. The average Bonchev–Trinajstić information content (AvgIpc) is 2.93. The second kappa shape index (κ2) is 6.00. The number of aryl methyl sites for hydroxylation is 2. The predicted octanol–water partition coefficient (Wildman–Crippen LogP) is 4.67. The number of thiophene rings is 1. The fourth-order valence-electron chi connectivity index (χ4n) is 3.83. The minimum absolute atomic E-state index is 0.598. The van der Waals surface area contributed by atoms with Crippen molar-refractivity contribution >= 4 is 39.1 Å². The molecule has 0 amide bonds. The zero-order chi connectivity index (χ0) is 15.1. The molecule has 4 rings (SSSR count). The van der Waals surface area contributed by atoms with E-state index in [2.05, 4.69) is 18.1 Å². The van der Waals surface area contributed by atoms with Crippen molar-refractivity contribution in [1.29, 1.82) is 0 Å². The van der Waals surface area contributed by atoms with Crippen LogP contribution < -0.4 is 4.90 Å². The first kappa shape index (κ1) is 14.8. The highest BCUT2D eigenvalue weighted by Crippen LogP contribution is 2.41. The van der Waals surface area contributed by atoms with E-state index < -0.39 is 0 Å². The van der Waals surface area contributed by atoms with E-state index in [1.54, 1.807) is 22.2 Å². The summed E-state index contributed by atoms with van der Waals surface area (Å²) in [6, 6.07) is 0.598. The lowest BCUT2D eigenvalue weighted by molar-refractivity contribution is 0.481. The highest BCUT2D eigenvalue weighted by atomic mass is 32.2. The summed E-state index contributed by atoms with van der Waals surface area (Å²) < 4.78 is 0. The number of thioether (sulfide) groups is 1. The maximum Gasteiger partial charge on any atom is 0.190 e. The van der Waals surface area contributed by atoms with Gasteiger partial charge in [-0.25, -0.2) is 9.97 Å². The topological polar surface area (TPSA) is 29.0 Å². The molecule has 1 atom stereocenters. The predicted molar refractivity (Wildman–Crippen MR) is 96.5 cm³/mol. The van der Waals surface area contributed by atoms with Gasteiger partial charge >= 0.3 is 0 Å². The summed E-state index contributed by atoms with van der Waals surface area (Å²) in [6.07, 6.45) is 11.1. The van der Waals surface area contributed by atoms with Gasteiger partial charge in [0.15, 0.2) is 5.16 Å². The summed E-state index contributed by atoms with van der Waals surface area (Å²) in [5.41, 5.74) is 1.56. The van der Waals surface area contributed by atoms with Crippen LogP contribution in [-0.2, 0) is 12.8 Å². The normalized spacial score (nSPS) is 22.1. The summed E-state index contributed by atoms with van der Waals surface area (Å²) in [4.78, 5) is 15.1. The first-order valence-corrected chi connectivity index (χ1v) is 10.4. The van der Waals surface area contributed by atoms with Crippen LogP contribution in [0.15, 0.2) is 5.16 Å². The molecule has 5 heteroatoms. The molecule has 0 bridgehead atoms. The van der Waals surface area contributed by atoms with Gasteiger partial charge in [-0.1, -0.05) is 11.8 Å². The zero-order valence-electron chi connectivity index (χ0n) is 13.4. The van der Waals surface area contributed by atoms with Gasteiger partial charge in [0.1, 0.15) is 10.6 Å². The van der Waals surface area contributed by atoms with Crippen molar-refractivity contribution in [2.75, 3.05) is 17.7 Å². The van der Waals surface area contributed by atoms with Crippen molar-refractivity contribution in [2.24, 2.45) is 0 Å². The second-order valence-electron chi connectivity index (χ2n) is 6.46. The first-order chi connectivity index (χ1) is 10.8. The third-order valence-electron chi connectivity index (χ3n) is 5.03. The van der Waals surface area contributed by atoms with E-state index in [0.29, 0.717) is 6.04 Å². The minimum Gasteiger partial charge on any atom is -0.353 e. The van der Waals surface area contributed by atoms with Gasteiger partial charge in [-0.2, -0.15) is 0 Å². The Balaban J connectivity index is 1.92. The molecule has 0 radical (unpaired) electrons. The highest BCUT2D eigenvalue weighted by molar-refractivity contribution is 7.98. The van der Waals surface area contributed by atoms with Gasteiger partial charge in [0.05, 0.1) is 5.39 Å². The molecule has 22 heavy (non-hydrogen) atoms. The Labute approximate surface area is 140 Å². The Kier molecular flexibility index (Phi) is 4.03. The van der Waals surface area contributed by atoms with Gasteiger partial charge in [-0.05, 0) is 63.7 Å². The standard InChI is InChI=1S/C17H23N3S2/c1-11-7-5-6-10-20(11)15-14-12-8-3-4-9-13(12)22-16(14)19-17(18-15)21-2/h11H,3-10H2,1-2H3. The van der Waals surface area contributed by atoms with Crippen LogP contribution in [0.1, 0.15) is 49.5 Å². The van der Waals surface area contributed by atoms with Gasteiger partial charge in [0.25, 0.3) is 0 Å². The minimum atomic E-state index is 0.598. The van der Waals surface area contributed by atoms with Crippen molar-refractivity contribution in [2.45, 2.75) is 63.1 Å². The number of hydrogen-bond acceptors (Lipinski definition) is 5. The smallest absolute Gasteiger partial charge is 0.190 e. The molecule has 0 N–H and O–H groups in total. The maximum absolute atomic E-state index is 4.96. The molecular weight excluding hydrogens is 310 g/mol. The quantitative estimate of drug-likeness (QED) is 0.590. The van der Waals surface area contributed by atoms with Crippen LogP contribution in [0.3, 0.4) is 0 Å². The summed E-state index contributed by atoms with van der Waals surface area (Å²) in [6.45, 7) is 3.50. The van der Waals surface area contributed by atoms with Crippen LogP contribution in [0.5, 0.6) is 0 Å². The van der Waals surface area contributed by atoms with E-state index in [1.165, 1.54) is 61.0 Å². The fourth-order valence-corrected chi connectivity index (χ4v) is 5.50. The molecule has 1 aliphatic heterocycles. The SMILES string of the molecule is CSc1nc(N2CCCCC2C)c2c3c(sc2n1)CCCC3. The van der Waals surface area contributed by atoms with E-state index in [4.69, 9.17) is 9.97 Å². The Morgan fingerprint density at radius 2 is 2.00 bits per heavy atom. The van der Waals surface area contributed by atoms with E-state index in [0.717, 1.165) is 11.7 Å². The van der Waals surface area contributed by atoms with Crippen LogP contribution in [0.25, 0.3) is 10.2 Å². The Morgan fingerprint density at radius 3 is 2.82 bits per heavy atom. The summed E-state index contributed by atoms with van der Waals surface area (Å²) in [5, 5.41) is 2.31. The molecule has 0 saturated carbocycles. The molecule has 0 aromatic carbocycles. The number of rotatable bonds is 2. The van der Waals surface area contributed by atoms with E-state index in [1.807, 2.05) is 11.3 Å². The lowest BCUT2D eigenvalue weighted by atomic mass is 9.96. The lowest BCUT2D eigenvalue weighted by Crippen LogP contribution is -2.38. The molecular formula is C17H23N3S2. The maximum atomic E-state index is 4.96. The van der Waals surface area contributed by atoms with Crippen molar-refractivity contribution in [3.05, 3.63) is 10.4 Å². The molecule has 3 nitrogen and oxygen atoms in total. The van der Waals surface area contributed by atoms with Crippen LogP contribution in [0.4, 0.5) is 5.82 Å². The number of aromatic nitrogens is 2. The monoisotopic (exact) mass is 333 g/mol. The van der Waals surface area contributed by atoms with Gasteiger partial charge in [0.2, 0.25) is 0 Å². The summed E-state index contributed by atoms with van der Waals surface area (Å²) in [7, 11) is 0. The molecule has 2 aromatic rings. The number of piperidine rings is 1. The third-order valence-corrected chi connectivity index (χ3v) is 6.77. The van der Waals surface area contributed by atoms with Crippen LogP contribution in [0.2, 0.25) is 0 Å². The summed E-state index contributed by atoms with van der Waals surface area (Å²) >= 11 is 3.58. The highest BCUT2D eigenvalue weighted by Gasteiger charge is 2.27. The average molecular weight is 334 g/mol. The van der Waals surface area contributed by atoms with Crippen molar-refractivity contribution in [3.8, 4) is 0 Å². The van der Waals surface area contributed by atoms with Gasteiger partial charge < -0.3 is 4.90 Å². The van der Waals surface area contributed by atoms with Crippen molar-refractivity contribution in [3.63, 3.8) is 0 Å². The van der Waals surface area contributed by atoms with Crippen LogP contribution in [-0.4, -0.2) is 28.8 Å². The number of hydrogen-bond donors (Lipinski definition) is 0. The van der Waals surface area contributed by atoms with E-state index in [9.17, 15) is 0 Å². The van der Waals surface area contributed by atoms with Crippen molar-refractivity contribution < 1.29 is 0 Å². The molecule has 1 unspecified atom stereocenters. The first-order valence-electron chi connectivity index (χ1n) is 8.41. The molecule has 3 heterocycles. The lowest BCUT2D eigenvalue weighted by Gasteiger charge is -2.35. The number of anilines is 1. The van der Waals surface area contributed by atoms with E-state index in [-0.39, 0.29) is 0 Å². The van der Waals surface area contributed by atoms with Gasteiger partial charge in [-0.15, -0.1) is 11.3 Å². The molecule has 1 saturated heterocycles. The fraction of sp³-hybridized carbons (Fsp3) is 0.647. The van der Waals surface area contributed by atoms with E-state index >= 15 is 0 Å². The Hall–Kier alpha value is -0.810. The Morgan fingerprint density at radius 1 is 1.14 bits per heavy atom. The molecule has 2 aromatic heterocycles. The van der Waals surface area contributed by atoms with Gasteiger partial charge in [0, 0.05) is 17.5 Å². The molecule has 1 fully saturated rings. The molecule has 0 spiro atoms. The second-order valence-corrected chi connectivity index (χ2v) is 8.32. The number of nitrogens with zero attached hydrogens (tertiary/aromatic N) is 3. The summed E-state index contributed by atoms with van der Waals surface area (Å²) in [5.74, 6) is 1.22. The zero-order valence-corrected chi connectivity index (χ0v) is 15.0.